The lowest BCUT2D eigenvalue weighted by atomic mass is 10.1. The lowest BCUT2D eigenvalue weighted by Gasteiger charge is -2.09. The number of carbonyl (C=O) groups is 2. The molecule has 0 aliphatic carbocycles. The summed E-state index contributed by atoms with van der Waals surface area (Å²) in [4.78, 5) is 26.5. The predicted molar refractivity (Wildman–Crippen MR) is 101 cm³/mol. The molecule has 0 bridgehead atoms. The average molecular weight is 406 g/mol. The number of amides is 1. The van der Waals surface area contributed by atoms with E-state index in [1.54, 1.807) is 18.2 Å². The van der Waals surface area contributed by atoms with E-state index in [2.05, 4.69) is 15.6 Å². The third kappa shape index (κ3) is 4.65. The first-order valence-corrected chi connectivity index (χ1v) is 8.57. The first kappa shape index (κ1) is 20.2. The van der Waals surface area contributed by atoms with Crippen LogP contribution in [0.3, 0.4) is 0 Å². The summed E-state index contributed by atoms with van der Waals surface area (Å²) in [6.45, 7) is 1.73. The number of nitrogens with zero attached hydrogens (tertiary/aromatic N) is 2. The van der Waals surface area contributed by atoms with E-state index in [0.29, 0.717) is 35.4 Å². The van der Waals surface area contributed by atoms with Crippen molar-refractivity contribution in [3.8, 4) is 0 Å². The second-order valence-corrected chi connectivity index (χ2v) is 6.33. The topological polar surface area (TPSA) is 96.2 Å². The third-order valence-electron chi connectivity index (χ3n) is 4.20. The molecule has 3 N–H and O–H groups in total. The first-order chi connectivity index (χ1) is 13.6. The zero-order valence-corrected chi connectivity index (χ0v) is 15.2. The van der Waals surface area contributed by atoms with Crippen LogP contribution in [0.2, 0.25) is 0 Å². The Balaban J connectivity index is 1.73. The van der Waals surface area contributed by atoms with Crippen molar-refractivity contribution in [2.75, 3.05) is 17.2 Å². The van der Waals surface area contributed by atoms with E-state index >= 15 is 0 Å². The van der Waals surface area contributed by atoms with Gasteiger partial charge in [0.1, 0.15) is 5.82 Å². The van der Waals surface area contributed by atoms with Crippen molar-refractivity contribution in [1.82, 2.24) is 9.55 Å². The molecule has 3 aromatic rings. The van der Waals surface area contributed by atoms with E-state index in [-0.39, 0.29) is 5.91 Å². The summed E-state index contributed by atoms with van der Waals surface area (Å²) in [7, 11) is 0. The molecule has 1 amide bonds. The van der Waals surface area contributed by atoms with E-state index in [0.717, 1.165) is 22.4 Å². The molecule has 7 nitrogen and oxygen atoms in total. The van der Waals surface area contributed by atoms with Gasteiger partial charge in [-0.05, 0) is 36.2 Å². The largest absolute Gasteiger partial charge is 0.464 e. The molecule has 152 valence electrons. The van der Waals surface area contributed by atoms with Crippen molar-refractivity contribution < 1.29 is 27.9 Å². The minimum Gasteiger partial charge on any atom is -0.464 e. The number of anilines is 2. The van der Waals surface area contributed by atoms with E-state index in [4.69, 9.17) is 0 Å². The Morgan fingerprint density at radius 1 is 1.21 bits per heavy atom. The van der Waals surface area contributed by atoms with E-state index < -0.39 is 17.8 Å². The number of pyridine rings is 1. The number of hydrogen-bond acceptors (Lipinski definition) is 4. The quantitative estimate of drug-likeness (QED) is 0.590. The first-order valence-electron chi connectivity index (χ1n) is 8.57. The van der Waals surface area contributed by atoms with Crippen LogP contribution in [0.4, 0.5) is 29.5 Å². The summed E-state index contributed by atoms with van der Waals surface area (Å²) in [5.74, 6) is -0.00932. The van der Waals surface area contributed by atoms with Gasteiger partial charge in [-0.15, -0.1) is 0 Å². The molecule has 2 aromatic heterocycles. The van der Waals surface area contributed by atoms with Crippen molar-refractivity contribution in [2.24, 2.45) is 0 Å². The van der Waals surface area contributed by atoms with Gasteiger partial charge in [0, 0.05) is 31.2 Å². The van der Waals surface area contributed by atoms with Crippen molar-refractivity contribution in [1.29, 1.82) is 0 Å². The number of aromatic nitrogens is 2. The Kier molecular flexibility index (Phi) is 5.44. The molecule has 0 spiro atoms. The highest BCUT2D eigenvalue weighted by atomic mass is 19.4. The number of hydrogen-bond donors (Lipinski definition) is 3. The lowest BCUT2D eigenvalue weighted by Crippen LogP contribution is -2.09. The molecule has 0 saturated carbocycles. The van der Waals surface area contributed by atoms with E-state index in [1.807, 2.05) is 0 Å². The average Bonchev–Trinajstić information content (AvgIpc) is 2.99. The van der Waals surface area contributed by atoms with Crippen LogP contribution >= 0.6 is 0 Å². The van der Waals surface area contributed by atoms with Gasteiger partial charge in [0.15, 0.2) is 0 Å². The van der Waals surface area contributed by atoms with Crippen molar-refractivity contribution in [3.63, 3.8) is 0 Å². The lowest BCUT2D eigenvalue weighted by molar-refractivity contribution is -0.137. The maximum Gasteiger partial charge on any atom is 0.417 e. The zero-order chi connectivity index (χ0) is 21.2. The molecule has 0 aliphatic heterocycles. The second kappa shape index (κ2) is 7.82. The monoisotopic (exact) mass is 406 g/mol. The summed E-state index contributed by atoms with van der Waals surface area (Å²) >= 11 is 0. The van der Waals surface area contributed by atoms with Gasteiger partial charge >= 0.3 is 12.3 Å². The number of nitrogens with one attached hydrogen (secondary N) is 2. The highest BCUT2D eigenvalue weighted by Crippen LogP contribution is 2.29. The number of carboxylic acid groups (broad SMARTS) is 1. The fourth-order valence-corrected chi connectivity index (χ4v) is 2.88. The number of halogens is 3. The van der Waals surface area contributed by atoms with Crippen LogP contribution in [-0.4, -0.2) is 33.2 Å². The van der Waals surface area contributed by atoms with Gasteiger partial charge in [0.05, 0.1) is 16.8 Å². The number of carbonyl (C=O) groups excluding carboxylic acids is 1. The third-order valence-corrected chi connectivity index (χ3v) is 4.20. The van der Waals surface area contributed by atoms with Crippen LogP contribution in [0.5, 0.6) is 0 Å². The fourth-order valence-electron chi connectivity index (χ4n) is 2.88. The molecule has 0 saturated heterocycles. The van der Waals surface area contributed by atoms with Crippen LogP contribution in [0.25, 0.3) is 10.9 Å². The molecule has 0 radical (unpaired) electrons. The Morgan fingerprint density at radius 2 is 1.97 bits per heavy atom. The molecule has 1 aromatic carbocycles. The van der Waals surface area contributed by atoms with Gasteiger partial charge in [-0.1, -0.05) is 6.07 Å². The smallest absolute Gasteiger partial charge is 0.417 e. The SMILES string of the molecule is CC(=O)Nc1cn(C(=O)O)c2ccc(CCNc3ccc(C(F)(F)F)cn3)cc12. The van der Waals surface area contributed by atoms with E-state index in [9.17, 15) is 27.9 Å². The standard InChI is InChI=1S/C19H17F3N4O3/c1-11(27)25-15-10-26(18(28)29)16-4-2-12(8-14(15)16)6-7-23-17-5-3-13(9-24-17)19(20,21)22/h2-5,8-10H,6-7H2,1H3,(H,23,24)(H,25,27)(H,28,29). The number of benzene rings is 1. The molecule has 3 rings (SSSR count). The normalized spacial score (nSPS) is 11.4. The summed E-state index contributed by atoms with van der Waals surface area (Å²) in [5, 5.41) is 15.4. The molecule has 0 fully saturated rings. The molecule has 10 heteroatoms. The Hall–Kier alpha value is -3.56. The molecule has 0 atom stereocenters. The maximum atomic E-state index is 12.6. The highest BCUT2D eigenvalue weighted by Gasteiger charge is 2.30. The highest BCUT2D eigenvalue weighted by molar-refractivity contribution is 6.04. The molecular weight excluding hydrogens is 389 g/mol. The van der Waals surface area contributed by atoms with E-state index in [1.165, 1.54) is 19.2 Å². The molecule has 2 heterocycles. The van der Waals surface area contributed by atoms with Crippen LogP contribution in [-0.2, 0) is 17.4 Å². The Bertz CT molecular complexity index is 1060. The summed E-state index contributed by atoms with van der Waals surface area (Å²) in [6.07, 6.45) is -2.99. The van der Waals surface area contributed by atoms with Crippen LogP contribution in [0.1, 0.15) is 18.1 Å². The molecule has 0 unspecified atom stereocenters. The van der Waals surface area contributed by atoms with Crippen molar-refractivity contribution in [3.05, 3.63) is 53.9 Å². The molecule has 0 aliphatic rings. The van der Waals surface area contributed by atoms with Crippen LogP contribution in [0.15, 0.2) is 42.7 Å². The van der Waals surface area contributed by atoms with Crippen molar-refractivity contribution in [2.45, 2.75) is 19.5 Å². The zero-order valence-electron chi connectivity index (χ0n) is 15.2. The predicted octanol–water partition coefficient (Wildman–Crippen LogP) is 4.19. The van der Waals surface area contributed by atoms with Crippen molar-refractivity contribution >= 4 is 34.4 Å². The van der Waals surface area contributed by atoms with Gasteiger partial charge in [-0.3, -0.25) is 9.36 Å². The van der Waals surface area contributed by atoms with Gasteiger partial charge in [0.2, 0.25) is 5.91 Å². The minimum atomic E-state index is -4.43. The molecule has 29 heavy (non-hydrogen) atoms. The fraction of sp³-hybridized carbons (Fsp3) is 0.211. The summed E-state index contributed by atoms with van der Waals surface area (Å²) in [6, 6.07) is 7.37. The van der Waals surface area contributed by atoms with Gasteiger partial charge in [-0.25, -0.2) is 9.78 Å². The number of alkyl halides is 3. The van der Waals surface area contributed by atoms with Gasteiger partial charge in [0.25, 0.3) is 0 Å². The number of fused-ring (bicyclic) bond motifs is 1. The van der Waals surface area contributed by atoms with Gasteiger partial charge < -0.3 is 15.7 Å². The summed E-state index contributed by atoms with van der Waals surface area (Å²) in [5.41, 5.74) is 0.852. The minimum absolute atomic E-state index is 0.315. The number of rotatable bonds is 5. The Labute approximate surface area is 163 Å². The van der Waals surface area contributed by atoms with Crippen LogP contribution in [0, 0.1) is 0 Å². The maximum absolute atomic E-state index is 12.6. The second-order valence-electron chi connectivity index (χ2n) is 6.33. The Morgan fingerprint density at radius 3 is 2.55 bits per heavy atom. The molecular formula is C19H17F3N4O3. The van der Waals surface area contributed by atoms with Gasteiger partial charge in [-0.2, -0.15) is 13.2 Å². The van der Waals surface area contributed by atoms with Crippen LogP contribution < -0.4 is 10.6 Å². The summed E-state index contributed by atoms with van der Waals surface area (Å²) < 4.78 is 38.7.